The Morgan fingerprint density at radius 1 is 1.31 bits per heavy atom. The van der Waals surface area contributed by atoms with Gasteiger partial charge in [0.25, 0.3) is 0 Å². The maximum absolute atomic E-state index is 9.30. The summed E-state index contributed by atoms with van der Waals surface area (Å²) in [6.07, 6.45) is 8.97. The Morgan fingerprint density at radius 2 is 2.06 bits per heavy atom. The maximum Gasteiger partial charge on any atom is 0.107 e. The summed E-state index contributed by atoms with van der Waals surface area (Å²) in [4.78, 5) is 0. The van der Waals surface area contributed by atoms with Gasteiger partial charge in [-0.3, -0.25) is 5.32 Å². The summed E-state index contributed by atoms with van der Waals surface area (Å²) in [6, 6.07) is 2.51. The fraction of sp³-hybridized carbons (Fsp3) is 0.923. The van der Waals surface area contributed by atoms with Crippen LogP contribution in [0.1, 0.15) is 51.9 Å². The molecule has 1 N–H and O–H groups in total. The Balaban J connectivity index is 1.84. The number of nitrogens with zero attached hydrogens (tertiary/aromatic N) is 1. The normalized spacial score (nSPS) is 35.4. The van der Waals surface area contributed by atoms with E-state index < -0.39 is 0 Å². The first-order chi connectivity index (χ1) is 7.78. The molecular formula is C13H22N2S. The van der Waals surface area contributed by atoms with Crippen molar-refractivity contribution in [2.75, 3.05) is 6.54 Å². The van der Waals surface area contributed by atoms with Crippen LogP contribution in [0.4, 0.5) is 0 Å². The monoisotopic (exact) mass is 238 g/mol. The van der Waals surface area contributed by atoms with Crippen LogP contribution in [-0.2, 0) is 0 Å². The molecule has 0 heterocycles. The predicted molar refractivity (Wildman–Crippen MR) is 69.5 cm³/mol. The molecule has 2 unspecified atom stereocenters. The third-order valence-corrected chi connectivity index (χ3v) is 5.53. The SMILES string of the molecule is CCNC1(C#N)CCC(SC2CCCC2)C1. The van der Waals surface area contributed by atoms with Crippen LogP contribution in [0.5, 0.6) is 0 Å². The summed E-state index contributed by atoms with van der Waals surface area (Å²) in [5.74, 6) is 0. The zero-order chi connectivity index (χ0) is 11.4. The quantitative estimate of drug-likeness (QED) is 0.817. The van der Waals surface area contributed by atoms with Crippen molar-refractivity contribution < 1.29 is 0 Å². The van der Waals surface area contributed by atoms with Crippen molar-refractivity contribution in [2.45, 2.75) is 67.9 Å². The minimum absolute atomic E-state index is 0.203. The predicted octanol–water partition coefficient (Wildman–Crippen LogP) is 3.09. The van der Waals surface area contributed by atoms with Crippen LogP contribution in [-0.4, -0.2) is 22.6 Å². The molecular weight excluding hydrogens is 216 g/mol. The highest BCUT2D eigenvalue weighted by Crippen LogP contribution is 2.42. The Morgan fingerprint density at radius 3 is 2.69 bits per heavy atom. The Hall–Kier alpha value is -0.200. The van der Waals surface area contributed by atoms with Crippen molar-refractivity contribution in [2.24, 2.45) is 0 Å². The minimum atomic E-state index is -0.203. The number of nitriles is 1. The molecule has 2 aliphatic carbocycles. The van der Waals surface area contributed by atoms with E-state index in [9.17, 15) is 5.26 Å². The second-order valence-corrected chi connectivity index (χ2v) is 6.74. The highest BCUT2D eigenvalue weighted by Gasteiger charge is 2.39. The third kappa shape index (κ3) is 2.73. The number of hydrogen-bond donors (Lipinski definition) is 1. The molecule has 0 bridgehead atoms. The van der Waals surface area contributed by atoms with Gasteiger partial charge in [-0.2, -0.15) is 17.0 Å². The van der Waals surface area contributed by atoms with Gasteiger partial charge < -0.3 is 0 Å². The van der Waals surface area contributed by atoms with E-state index >= 15 is 0 Å². The van der Waals surface area contributed by atoms with Gasteiger partial charge in [0.2, 0.25) is 0 Å². The van der Waals surface area contributed by atoms with E-state index in [-0.39, 0.29) is 5.54 Å². The van der Waals surface area contributed by atoms with Crippen molar-refractivity contribution in [3.8, 4) is 6.07 Å². The van der Waals surface area contributed by atoms with Gasteiger partial charge in [0.05, 0.1) is 6.07 Å². The van der Waals surface area contributed by atoms with Crippen LogP contribution >= 0.6 is 11.8 Å². The van der Waals surface area contributed by atoms with Gasteiger partial charge in [-0.05, 0) is 38.6 Å². The molecule has 2 rings (SSSR count). The summed E-state index contributed by atoms with van der Waals surface area (Å²) in [6.45, 7) is 3.00. The van der Waals surface area contributed by atoms with Gasteiger partial charge in [-0.25, -0.2) is 0 Å². The van der Waals surface area contributed by atoms with Gasteiger partial charge in [0.1, 0.15) is 5.54 Å². The molecule has 0 aromatic rings. The van der Waals surface area contributed by atoms with E-state index in [1.807, 2.05) is 0 Å². The molecule has 2 saturated carbocycles. The smallest absolute Gasteiger partial charge is 0.107 e. The fourth-order valence-corrected chi connectivity index (χ4v) is 4.84. The highest BCUT2D eigenvalue weighted by molar-refractivity contribution is 8.00. The van der Waals surface area contributed by atoms with Crippen molar-refractivity contribution >= 4 is 11.8 Å². The first-order valence-electron chi connectivity index (χ1n) is 6.60. The molecule has 2 atom stereocenters. The molecule has 3 heteroatoms. The average molecular weight is 238 g/mol. The molecule has 0 amide bonds. The molecule has 0 aromatic carbocycles. The first-order valence-corrected chi connectivity index (χ1v) is 7.54. The van der Waals surface area contributed by atoms with Crippen LogP contribution in [0, 0.1) is 11.3 Å². The Labute approximate surface area is 103 Å². The zero-order valence-corrected chi connectivity index (χ0v) is 11.0. The molecule has 90 valence electrons. The number of rotatable bonds is 4. The standard InChI is InChI=1S/C13H22N2S/c1-2-15-13(10-14)8-7-12(9-13)16-11-5-3-4-6-11/h11-12,15H,2-9H2,1H3. The molecule has 0 saturated heterocycles. The second-order valence-electron chi connectivity index (χ2n) is 5.13. The van der Waals surface area contributed by atoms with E-state index in [2.05, 4.69) is 30.1 Å². The minimum Gasteiger partial charge on any atom is -0.300 e. The van der Waals surface area contributed by atoms with Crippen molar-refractivity contribution in [3.05, 3.63) is 0 Å². The summed E-state index contributed by atoms with van der Waals surface area (Å²) in [5, 5.41) is 14.3. The molecule has 0 radical (unpaired) electrons. The van der Waals surface area contributed by atoms with E-state index in [1.165, 1.54) is 32.1 Å². The topological polar surface area (TPSA) is 35.8 Å². The highest BCUT2D eigenvalue weighted by atomic mass is 32.2. The average Bonchev–Trinajstić information content (AvgIpc) is 2.90. The van der Waals surface area contributed by atoms with Crippen molar-refractivity contribution in [3.63, 3.8) is 0 Å². The number of nitrogens with one attached hydrogen (secondary N) is 1. The third-order valence-electron chi connectivity index (χ3n) is 3.89. The van der Waals surface area contributed by atoms with Crippen molar-refractivity contribution in [1.82, 2.24) is 5.32 Å². The van der Waals surface area contributed by atoms with Crippen LogP contribution < -0.4 is 5.32 Å². The van der Waals surface area contributed by atoms with Crippen LogP contribution in [0.15, 0.2) is 0 Å². The Kier molecular flexibility index (Phi) is 4.16. The molecule has 0 aliphatic heterocycles. The van der Waals surface area contributed by atoms with Crippen LogP contribution in [0.3, 0.4) is 0 Å². The first kappa shape index (κ1) is 12.3. The zero-order valence-electron chi connectivity index (χ0n) is 10.2. The molecule has 0 aromatic heterocycles. The van der Waals surface area contributed by atoms with Gasteiger partial charge >= 0.3 is 0 Å². The molecule has 2 aliphatic rings. The van der Waals surface area contributed by atoms with E-state index in [1.54, 1.807) is 0 Å². The van der Waals surface area contributed by atoms with Gasteiger partial charge in [-0.15, -0.1) is 0 Å². The largest absolute Gasteiger partial charge is 0.300 e. The summed E-state index contributed by atoms with van der Waals surface area (Å²) < 4.78 is 0. The molecule has 2 nitrogen and oxygen atoms in total. The van der Waals surface area contributed by atoms with Crippen LogP contribution in [0.25, 0.3) is 0 Å². The number of hydrogen-bond acceptors (Lipinski definition) is 3. The Bertz CT molecular complexity index is 268. The summed E-state index contributed by atoms with van der Waals surface area (Å²) in [7, 11) is 0. The van der Waals surface area contributed by atoms with Gasteiger partial charge in [0.15, 0.2) is 0 Å². The van der Waals surface area contributed by atoms with Crippen LogP contribution in [0.2, 0.25) is 0 Å². The fourth-order valence-electron chi connectivity index (χ4n) is 3.05. The summed E-state index contributed by atoms with van der Waals surface area (Å²) >= 11 is 2.17. The van der Waals surface area contributed by atoms with E-state index in [0.29, 0.717) is 0 Å². The lowest BCUT2D eigenvalue weighted by atomic mass is 10.0. The maximum atomic E-state index is 9.30. The second kappa shape index (κ2) is 5.42. The number of thioether (sulfide) groups is 1. The lowest BCUT2D eigenvalue weighted by Gasteiger charge is -2.22. The van der Waals surface area contributed by atoms with E-state index in [4.69, 9.17) is 0 Å². The molecule has 0 spiro atoms. The van der Waals surface area contributed by atoms with Crippen molar-refractivity contribution in [1.29, 1.82) is 5.26 Å². The lowest BCUT2D eigenvalue weighted by molar-refractivity contribution is 0.436. The molecule has 16 heavy (non-hydrogen) atoms. The molecule has 2 fully saturated rings. The summed E-state index contributed by atoms with van der Waals surface area (Å²) in [5.41, 5.74) is -0.203. The lowest BCUT2D eigenvalue weighted by Crippen LogP contribution is -2.41. The van der Waals surface area contributed by atoms with Gasteiger partial charge in [0, 0.05) is 10.5 Å². The van der Waals surface area contributed by atoms with Gasteiger partial charge in [-0.1, -0.05) is 19.8 Å². The van der Waals surface area contributed by atoms with E-state index in [0.717, 1.165) is 29.9 Å².